The van der Waals surface area contributed by atoms with E-state index in [-0.39, 0.29) is 5.91 Å². The first-order valence-electron chi connectivity index (χ1n) is 11.2. The Morgan fingerprint density at radius 2 is 1.76 bits per heavy atom. The van der Waals surface area contributed by atoms with Gasteiger partial charge in [0.25, 0.3) is 5.91 Å². The third-order valence-corrected chi connectivity index (χ3v) is 5.86. The van der Waals surface area contributed by atoms with Crippen LogP contribution in [0.3, 0.4) is 0 Å². The molecule has 1 N–H and O–H groups in total. The zero-order chi connectivity index (χ0) is 23.0. The molecule has 7 nitrogen and oxygen atoms in total. The summed E-state index contributed by atoms with van der Waals surface area (Å²) < 4.78 is 10.6. The number of nitrogens with one attached hydrogen (secondary N) is 1. The highest BCUT2D eigenvalue weighted by molar-refractivity contribution is 6.04. The molecular formula is C26H30N4O3. The van der Waals surface area contributed by atoms with Crippen LogP contribution in [0.1, 0.15) is 22.3 Å². The number of ether oxygens (including phenoxy) is 2. The largest absolute Gasteiger partial charge is 0.497 e. The molecule has 3 aromatic rings. The Bertz CT molecular complexity index is 1050. The Labute approximate surface area is 195 Å². The topological polar surface area (TPSA) is 66.9 Å². The van der Waals surface area contributed by atoms with Gasteiger partial charge in [-0.05, 0) is 48.9 Å². The lowest BCUT2D eigenvalue weighted by Crippen LogP contribution is -2.31. The van der Waals surface area contributed by atoms with Crippen molar-refractivity contribution in [2.24, 2.45) is 0 Å². The fraction of sp³-hybridized carbons (Fsp3) is 0.308. The van der Waals surface area contributed by atoms with Gasteiger partial charge in [0.15, 0.2) is 0 Å². The molecule has 0 spiro atoms. The van der Waals surface area contributed by atoms with Crippen LogP contribution < -0.4 is 19.7 Å². The molecule has 0 saturated carbocycles. The van der Waals surface area contributed by atoms with Crippen LogP contribution in [0.25, 0.3) is 0 Å². The number of carbonyl (C=O) groups is 1. The number of benzene rings is 2. The minimum atomic E-state index is -0.172. The maximum Gasteiger partial charge on any atom is 0.255 e. The van der Waals surface area contributed by atoms with Crippen molar-refractivity contribution in [3.05, 3.63) is 78.0 Å². The maximum absolute atomic E-state index is 12.5. The Morgan fingerprint density at radius 1 is 0.939 bits per heavy atom. The Morgan fingerprint density at radius 3 is 2.48 bits per heavy atom. The summed E-state index contributed by atoms with van der Waals surface area (Å²) in [6.07, 6.45) is 2.78. The quantitative estimate of drug-likeness (QED) is 0.590. The van der Waals surface area contributed by atoms with Crippen LogP contribution in [0.4, 0.5) is 11.5 Å². The van der Waals surface area contributed by atoms with Gasteiger partial charge in [0.05, 0.1) is 26.1 Å². The number of pyridine rings is 1. The molecule has 1 fully saturated rings. The van der Waals surface area contributed by atoms with Gasteiger partial charge < -0.3 is 19.7 Å². The lowest BCUT2D eigenvalue weighted by Gasteiger charge is -2.23. The number of aromatic nitrogens is 1. The van der Waals surface area contributed by atoms with Gasteiger partial charge in [-0.2, -0.15) is 0 Å². The summed E-state index contributed by atoms with van der Waals surface area (Å²) in [4.78, 5) is 21.8. The summed E-state index contributed by atoms with van der Waals surface area (Å²) in [5.41, 5.74) is 2.46. The fourth-order valence-corrected chi connectivity index (χ4v) is 4.03. The Hall–Kier alpha value is -3.58. The van der Waals surface area contributed by atoms with Crippen molar-refractivity contribution in [1.82, 2.24) is 9.88 Å². The van der Waals surface area contributed by atoms with Gasteiger partial charge in [-0.3, -0.25) is 9.69 Å². The zero-order valence-corrected chi connectivity index (χ0v) is 19.2. The minimum absolute atomic E-state index is 0.172. The van der Waals surface area contributed by atoms with Crippen LogP contribution in [0.5, 0.6) is 11.5 Å². The average molecular weight is 447 g/mol. The highest BCUT2D eigenvalue weighted by Crippen LogP contribution is 2.22. The van der Waals surface area contributed by atoms with Crippen molar-refractivity contribution < 1.29 is 14.3 Å². The number of rotatable bonds is 7. The molecule has 0 radical (unpaired) electrons. The molecule has 2 aromatic carbocycles. The molecule has 1 aliphatic rings. The molecule has 172 valence electrons. The smallest absolute Gasteiger partial charge is 0.255 e. The molecule has 7 heteroatoms. The van der Waals surface area contributed by atoms with Crippen molar-refractivity contribution in [1.29, 1.82) is 0 Å². The van der Waals surface area contributed by atoms with Gasteiger partial charge >= 0.3 is 0 Å². The molecule has 0 bridgehead atoms. The summed E-state index contributed by atoms with van der Waals surface area (Å²) >= 11 is 0. The van der Waals surface area contributed by atoms with Crippen LogP contribution in [0, 0.1) is 0 Å². The minimum Gasteiger partial charge on any atom is -0.497 e. The van der Waals surface area contributed by atoms with Crippen LogP contribution in [-0.4, -0.2) is 56.2 Å². The molecule has 1 aliphatic heterocycles. The Kier molecular flexibility index (Phi) is 7.42. The number of nitrogens with zero attached hydrogens (tertiary/aromatic N) is 3. The third kappa shape index (κ3) is 5.81. The monoisotopic (exact) mass is 446 g/mol. The second-order valence-electron chi connectivity index (χ2n) is 8.02. The zero-order valence-electron chi connectivity index (χ0n) is 19.2. The van der Waals surface area contributed by atoms with Crippen molar-refractivity contribution in [2.75, 3.05) is 50.6 Å². The number of carbonyl (C=O) groups excluding carboxylic acids is 1. The van der Waals surface area contributed by atoms with E-state index in [2.05, 4.69) is 32.2 Å². The normalized spacial score (nSPS) is 14.4. The van der Waals surface area contributed by atoms with Crippen LogP contribution in [0.2, 0.25) is 0 Å². The fourth-order valence-electron chi connectivity index (χ4n) is 4.03. The SMILES string of the molecule is COc1ccc(C(=O)Nc2ccc(N3CCCN(Cc4ccccc4OC)CC3)nc2)cc1. The van der Waals surface area contributed by atoms with Crippen molar-refractivity contribution >= 4 is 17.4 Å². The second kappa shape index (κ2) is 10.8. The summed E-state index contributed by atoms with van der Waals surface area (Å²) in [7, 11) is 3.32. The van der Waals surface area contributed by atoms with E-state index in [1.54, 1.807) is 44.7 Å². The van der Waals surface area contributed by atoms with E-state index in [1.165, 1.54) is 5.56 Å². The molecule has 0 atom stereocenters. The van der Waals surface area contributed by atoms with Crippen LogP contribution >= 0.6 is 0 Å². The molecule has 0 unspecified atom stereocenters. The van der Waals surface area contributed by atoms with E-state index in [4.69, 9.17) is 9.47 Å². The van der Waals surface area contributed by atoms with Gasteiger partial charge in [0.1, 0.15) is 17.3 Å². The average Bonchev–Trinajstić information content (AvgIpc) is 3.10. The van der Waals surface area contributed by atoms with E-state index in [1.807, 2.05) is 24.3 Å². The van der Waals surface area contributed by atoms with Crippen molar-refractivity contribution in [3.8, 4) is 11.5 Å². The predicted molar refractivity (Wildman–Crippen MR) is 130 cm³/mol. The number of hydrogen-bond donors (Lipinski definition) is 1. The highest BCUT2D eigenvalue weighted by atomic mass is 16.5. The summed E-state index contributed by atoms with van der Waals surface area (Å²) in [6, 6.07) is 19.1. The first-order chi connectivity index (χ1) is 16.2. The predicted octanol–water partition coefficient (Wildman–Crippen LogP) is 4.06. The molecule has 1 aromatic heterocycles. The standard InChI is InChI=1S/C26H30N4O3/c1-32-23-11-8-20(9-12-23)26(31)28-22-10-13-25(27-18-22)30-15-5-14-29(16-17-30)19-21-6-3-4-7-24(21)33-2/h3-4,6-13,18H,5,14-17,19H2,1-2H3,(H,28,31). The van der Waals surface area contributed by atoms with Gasteiger partial charge in [-0.15, -0.1) is 0 Å². The summed E-state index contributed by atoms with van der Waals surface area (Å²) in [5, 5.41) is 2.90. The molecule has 1 amide bonds. The number of anilines is 2. The number of para-hydroxylation sites is 1. The van der Waals surface area contributed by atoms with Gasteiger partial charge in [0, 0.05) is 43.9 Å². The molecule has 4 rings (SSSR count). The van der Waals surface area contributed by atoms with E-state index in [9.17, 15) is 4.79 Å². The number of hydrogen-bond acceptors (Lipinski definition) is 6. The van der Waals surface area contributed by atoms with Gasteiger partial charge in [0.2, 0.25) is 0 Å². The van der Waals surface area contributed by atoms with Crippen LogP contribution in [-0.2, 0) is 6.54 Å². The molecular weight excluding hydrogens is 416 g/mol. The number of amides is 1. The maximum atomic E-state index is 12.5. The first kappa shape index (κ1) is 22.6. The molecule has 2 heterocycles. The summed E-state index contributed by atoms with van der Waals surface area (Å²) in [6.45, 7) is 4.72. The van der Waals surface area contributed by atoms with E-state index >= 15 is 0 Å². The van der Waals surface area contributed by atoms with Crippen molar-refractivity contribution in [3.63, 3.8) is 0 Å². The second-order valence-corrected chi connectivity index (χ2v) is 8.02. The lowest BCUT2D eigenvalue weighted by molar-refractivity contribution is 0.102. The van der Waals surface area contributed by atoms with E-state index in [0.717, 1.165) is 56.5 Å². The highest BCUT2D eigenvalue weighted by Gasteiger charge is 2.17. The molecule has 0 aliphatic carbocycles. The van der Waals surface area contributed by atoms with Crippen LogP contribution in [0.15, 0.2) is 66.9 Å². The van der Waals surface area contributed by atoms with Crippen molar-refractivity contribution in [2.45, 2.75) is 13.0 Å². The molecule has 1 saturated heterocycles. The van der Waals surface area contributed by atoms with E-state index < -0.39 is 0 Å². The van der Waals surface area contributed by atoms with E-state index in [0.29, 0.717) is 11.3 Å². The summed E-state index contributed by atoms with van der Waals surface area (Å²) in [5.74, 6) is 2.41. The van der Waals surface area contributed by atoms with Gasteiger partial charge in [-0.1, -0.05) is 18.2 Å². The lowest BCUT2D eigenvalue weighted by atomic mass is 10.2. The Balaban J connectivity index is 1.33. The third-order valence-electron chi connectivity index (χ3n) is 5.86. The number of methoxy groups -OCH3 is 2. The first-order valence-corrected chi connectivity index (χ1v) is 11.2. The van der Waals surface area contributed by atoms with Gasteiger partial charge in [-0.25, -0.2) is 4.98 Å². The molecule has 33 heavy (non-hydrogen) atoms.